The lowest BCUT2D eigenvalue weighted by Crippen LogP contribution is -1.95. The monoisotopic (exact) mass is 193 g/mol. The van der Waals surface area contributed by atoms with Crippen molar-refractivity contribution in [3.63, 3.8) is 0 Å². The minimum absolute atomic E-state index is 0.268. The maximum Gasteiger partial charge on any atom is 0.128 e. The lowest BCUT2D eigenvalue weighted by Gasteiger charge is -1.98. The van der Waals surface area contributed by atoms with Gasteiger partial charge in [0.15, 0.2) is 0 Å². The van der Waals surface area contributed by atoms with Crippen LogP contribution in [0.25, 0.3) is 0 Å². The Morgan fingerprint density at radius 3 is 2.86 bits per heavy atom. The van der Waals surface area contributed by atoms with Crippen LogP contribution in [-0.2, 0) is 6.61 Å². The first-order chi connectivity index (χ1) is 6.77. The highest BCUT2D eigenvalue weighted by molar-refractivity contribution is 5.37. The Hall–Kier alpha value is -1.37. The van der Waals surface area contributed by atoms with Gasteiger partial charge < -0.3 is 10.8 Å². The van der Waals surface area contributed by atoms with Crippen LogP contribution in [0.15, 0.2) is 18.2 Å². The van der Waals surface area contributed by atoms with Crippen LogP contribution in [0.4, 0.5) is 4.39 Å². The molecule has 0 aliphatic carbocycles. The van der Waals surface area contributed by atoms with Gasteiger partial charge in [-0.3, -0.25) is 0 Å². The van der Waals surface area contributed by atoms with Crippen LogP contribution in [0.5, 0.6) is 0 Å². The summed E-state index contributed by atoms with van der Waals surface area (Å²) >= 11 is 0. The first-order valence-corrected chi connectivity index (χ1v) is 4.36. The summed E-state index contributed by atoms with van der Waals surface area (Å²) in [6.45, 7) is 0.208. The molecule has 0 heterocycles. The second-order valence-electron chi connectivity index (χ2n) is 2.80. The van der Waals surface area contributed by atoms with Crippen molar-refractivity contribution < 1.29 is 9.50 Å². The van der Waals surface area contributed by atoms with Gasteiger partial charge in [-0.05, 0) is 18.2 Å². The van der Waals surface area contributed by atoms with E-state index in [1.165, 1.54) is 6.07 Å². The van der Waals surface area contributed by atoms with Crippen molar-refractivity contribution in [1.82, 2.24) is 0 Å². The van der Waals surface area contributed by atoms with E-state index in [9.17, 15) is 4.39 Å². The number of aliphatic hydroxyl groups excluding tert-OH is 1. The van der Waals surface area contributed by atoms with Gasteiger partial charge in [-0.1, -0.05) is 11.8 Å². The number of aliphatic hydroxyl groups is 1. The SMILES string of the molecule is NCCC#Cc1ccc(F)c(CO)c1. The molecular weight excluding hydrogens is 181 g/mol. The molecule has 0 unspecified atom stereocenters. The first kappa shape index (κ1) is 10.7. The molecule has 0 aromatic heterocycles. The summed E-state index contributed by atoms with van der Waals surface area (Å²) in [6.07, 6.45) is 0.617. The summed E-state index contributed by atoms with van der Waals surface area (Å²) in [5, 5.41) is 8.81. The van der Waals surface area contributed by atoms with E-state index in [1.807, 2.05) is 0 Å². The van der Waals surface area contributed by atoms with Crippen molar-refractivity contribution >= 4 is 0 Å². The maximum absolute atomic E-state index is 12.9. The summed E-state index contributed by atoms with van der Waals surface area (Å²) in [4.78, 5) is 0. The molecule has 1 aromatic rings. The fraction of sp³-hybridized carbons (Fsp3) is 0.273. The fourth-order valence-corrected chi connectivity index (χ4v) is 1.01. The van der Waals surface area contributed by atoms with Gasteiger partial charge in [-0.2, -0.15) is 0 Å². The number of rotatable bonds is 2. The zero-order valence-electron chi connectivity index (χ0n) is 7.76. The number of nitrogens with two attached hydrogens (primary N) is 1. The molecule has 1 aromatic carbocycles. The zero-order valence-corrected chi connectivity index (χ0v) is 7.76. The molecule has 3 heteroatoms. The van der Waals surface area contributed by atoms with E-state index in [0.717, 1.165) is 0 Å². The molecule has 0 atom stereocenters. The highest BCUT2D eigenvalue weighted by Crippen LogP contribution is 2.09. The van der Waals surface area contributed by atoms with Crippen molar-refractivity contribution in [2.45, 2.75) is 13.0 Å². The second-order valence-corrected chi connectivity index (χ2v) is 2.80. The van der Waals surface area contributed by atoms with Gasteiger partial charge in [0.25, 0.3) is 0 Å². The summed E-state index contributed by atoms with van der Waals surface area (Å²) in [7, 11) is 0. The van der Waals surface area contributed by atoms with Gasteiger partial charge in [-0.15, -0.1) is 0 Å². The molecule has 1 rings (SSSR count). The topological polar surface area (TPSA) is 46.2 Å². The maximum atomic E-state index is 12.9. The summed E-state index contributed by atoms with van der Waals surface area (Å²) in [6, 6.07) is 4.43. The smallest absolute Gasteiger partial charge is 0.128 e. The van der Waals surface area contributed by atoms with Crippen LogP contribution >= 0.6 is 0 Å². The Kier molecular flexibility index (Phi) is 4.11. The molecule has 0 fully saturated rings. The lowest BCUT2D eigenvalue weighted by atomic mass is 10.1. The Bertz CT molecular complexity index is 365. The molecule has 0 saturated heterocycles. The number of hydrogen-bond acceptors (Lipinski definition) is 2. The van der Waals surface area contributed by atoms with Gasteiger partial charge in [-0.25, -0.2) is 4.39 Å². The minimum atomic E-state index is -0.406. The van der Waals surface area contributed by atoms with E-state index < -0.39 is 5.82 Å². The van der Waals surface area contributed by atoms with Crippen LogP contribution in [0, 0.1) is 17.7 Å². The summed E-state index contributed by atoms with van der Waals surface area (Å²) in [5.74, 6) is 5.28. The highest BCUT2D eigenvalue weighted by atomic mass is 19.1. The zero-order chi connectivity index (χ0) is 10.4. The van der Waals surface area contributed by atoms with Crippen LogP contribution in [0.3, 0.4) is 0 Å². The molecule has 2 nitrogen and oxygen atoms in total. The molecule has 0 saturated carbocycles. The molecule has 0 amide bonds. The Balaban J connectivity index is 2.86. The molecule has 74 valence electrons. The summed E-state index contributed by atoms with van der Waals surface area (Å²) in [5.41, 5.74) is 6.24. The predicted octanol–water partition coefficient (Wildman–Crippen LogP) is 1.02. The van der Waals surface area contributed by atoms with Crippen molar-refractivity contribution in [3.8, 4) is 11.8 Å². The highest BCUT2D eigenvalue weighted by Gasteiger charge is 2.00. The Morgan fingerprint density at radius 1 is 1.43 bits per heavy atom. The number of hydrogen-bond donors (Lipinski definition) is 2. The molecule has 0 bridgehead atoms. The number of benzene rings is 1. The van der Waals surface area contributed by atoms with E-state index in [-0.39, 0.29) is 12.2 Å². The first-order valence-electron chi connectivity index (χ1n) is 4.36. The normalized spacial score (nSPS) is 9.36. The van der Waals surface area contributed by atoms with E-state index in [4.69, 9.17) is 10.8 Å². The largest absolute Gasteiger partial charge is 0.392 e. The van der Waals surface area contributed by atoms with Crippen molar-refractivity contribution in [1.29, 1.82) is 0 Å². The van der Waals surface area contributed by atoms with Crippen LogP contribution in [-0.4, -0.2) is 11.7 Å². The third-order valence-electron chi connectivity index (χ3n) is 1.72. The predicted molar refractivity (Wildman–Crippen MR) is 52.9 cm³/mol. The molecule has 3 N–H and O–H groups in total. The fourth-order valence-electron chi connectivity index (χ4n) is 1.01. The van der Waals surface area contributed by atoms with Crippen molar-refractivity contribution in [3.05, 3.63) is 35.1 Å². The van der Waals surface area contributed by atoms with Crippen LogP contribution in [0.1, 0.15) is 17.5 Å². The standard InChI is InChI=1S/C11H12FNO/c12-11-5-4-9(3-1-2-6-13)7-10(11)8-14/h4-5,7,14H,2,6,8,13H2. The molecule has 14 heavy (non-hydrogen) atoms. The minimum Gasteiger partial charge on any atom is -0.392 e. The average molecular weight is 193 g/mol. The Morgan fingerprint density at radius 2 is 2.21 bits per heavy atom. The van der Waals surface area contributed by atoms with Gasteiger partial charge in [0.2, 0.25) is 0 Å². The van der Waals surface area contributed by atoms with Gasteiger partial charge in [0.05, 0.1) is 6.61 Å². The van der Waals surface area contributed by atoms with Gasteiger partial charge >= 0.3 is 0 Å². The van der Waals surface area contributed by atoms with Crippen LogP contribution < -0.4 is 5.73 Å². The molecule has 0 aliphatic rings. The summed E-state index contributed by atoms with van der Waals surface area (Å²) < 4.78 is 12.9. The van der Waals surface area contributed by atoms with Crippen molar-refractivity contribution in [2.75, 3.05) is 6.54 Å². The molecule has 0 radical (unpaired) electrons. The van der Waals surface area contributed by atoms with E-state index in [2.05, 4.69) is 11.8 Å². The van der Waals surface area contributed by atoms with Gasteiger partial charge in [0, 0.05) is 24.1 Å². The van der Waals surface area contributed by atoms with Crippen molar-refractivity contribution in [2.24, 2.45) is 5.73 Å². The lowest BCUT2D eigenvalue weighted by molar-refractivity contribution is 0.275. The number of halogens is 1. The van der Waals surface area contributed by atoms with Crippen LogP contribution in [0.2, 0.25) is 0 Å². The third kappa shape index (κ3) is 2.84. The Labute approximate surface area is 82.6 Å². The molecule has 0 spiro atoms. The van der Waals surface area contributed by atoms with Gasteiger partial charge in [0.1, 0.15) is 5.82 Å². The third-order valence-corrected chi connectivity index (χ3v) is 1.72. The molecule has 0 aliphatic heterocycles. The average Bonchev–Trinajstić information content (AvgIpc) is 2.21. The second kappa shape index (κ2) is 5.38. The molecular formula is C11H12FNO. The quantitative estimate of drug-likeness (QED) is 0.689. The van der Waals surface area contributed by atoms with E-state index in [0.29, 0.717) is 18.5 Å². The van der Waals surface area contributed by atoms with E-state index in [1.54, 1.807) is 12.1 Å². The van der Waals surface area contributed by atoms with E-state index >= 15 is 0 Å².